The Labute approximate surface area is 259 Å². The molecule has 2 aliphatic rings. The number of anilines is 3. The maximum absolute atomic E-state index is 13.8. The van der Waals surface area contributed by atoms with Gasteiger partial charge in [0.15, 0.2) is 0 Å². The zero-order valence-electron chi connectivity index (χ0n) is 24.6. The molecule has 1 amide bonds. The van der Waals surface area contributed by atoms with E-state index in [2.05, 4.69) is 66.4 Å². The average molecular weight is 708 g/mol. The third-order valence-electron chi connectivity index (χ3n) is 8.09. The van der Waals surface area contributed by atoms with Crippen LogP contribution in [0.4, 0.5) is 26.1 Å². The van der Waals surface area contributed by atoms with Crippen LogP contribution in [0.3, 0.4) is 0 Å². The van der Waals surface area contributed by atoms with Crippen molar-refractivity contribution in [3.05, 3.63) is 61.8 Å². The molecule has 1 aromatic carbocycles. The number of pyridine rings is 1. The van der Waals surface area contributed by atoms with E-state index in [1.54, 1.807) is 12.4 Å². The molecule has 43 heavy (non-hydrogen) atoms. The van der Waals surface area contributed by atoms with E-state index in [-0.39, 0.29) is 23.8 Å². The van der Waals surface area contributed by atoms with E-state index in [0.29, 0.717) is 44.4 Å². The maximum atomic E-state index is 13.8. The molecule has 13 heteroatoms. The van der Waals surface area contributed by atoms with Crippen LogP contribution in [0.5, 0.6) is 0 Å². The number of likely N-dealkylation sites (N-methyl/N-ethyl adjacent to an activating group) is 1. The number of nitrogens with one attached hydrogen (secondary N) is 2. The standard InChI is InChI=1S/C30H36F2IN7O3/c1-17-14-40(15-18(2)38(17)5)26-10-24(33-4)21(20-11-35-30(36-12-20)39-6-7-43-19(3)16-39)8-25(26)37-29(42)23-13-34-27(41)9-22(23)28(31)32/h8-13,17-19,28H,4,6-7,14-16H2,1-3,5H3,(H,34,41)(H,37,42)/t17-,18+,19-/m0/s1. The summed E-state index contributed by atoms with van der Waals surface area (Å²) in [5.74, 6) is -0.119. The minimum absolute atomic E-state index is 0.0892. The molecular weight excluding hydrogens is 671 g/mol. The molecular formula is C30H36F2IN7O3. The van der Waals surface area contributed by atoms with Crippen LogP contribution < -0.4 is 20.7 Å². The van der Waals surface area contributed by atoms with Crippen LogP contribution in [0.1, 0.15) is 43.1 Å². The Morgan fingerprint density at radius 2 is 1.81 bits per heavy atom. The number of aromatic amines is 1. The normalized spacial score (nSPS) is 21.3. The van der Waals surface area contributed by atoms with Gasteiger partial charge in [-0.3, -0.25) is 14.5 Å². The largest absolute Gasteiger partial charge is 0.375 e. The van der Waals surface area contributed by atoms with E-state index in [1.165, 1.54) is 0 Å². The lowest BCUT2D eigenvalue weighted by Crippen LogP contribution is -2.55. The van der Waals surface area contributed by atoms with Gasteiger partial charge in [0.25, 0.3) is 12.3 Å². The lowest BCUT2D eigenvalue weighted by atomic mass is 10.0. The van der Waals surface area contributed by atoms with E-state index in [0.717, 1.165) is 32.6 Å². The first-order chi connectivity index (χ1) is 20.5. The minimum atomic E-state index is -2.99. The predicted molar refractivity (Wildman–Crippen MR) is 174 cm³/mol. The molecule has 2 fully saturated rings. The van der Waals surface area contributed by atoms with Gasteiger partial charge in [0, 0.05) is 77.6 Å². The minimum Gasteiger partial charge on any atom is -0.375 e. The van der Waals surface area contributed by atoms with Crippen molar-refractivity contribution < 1.29 is 18.3 Å². The Kier molecular flexibility index (Phi) is 9.51. The van der Waals surface area contributed by atoms with Crippen LogP contribution in [-0.4, -0.2) is 88.3 Å². The van der Waals surface area contributed by atoms with Gasteiger partial charge in [0.05, 0.1) is 29.6 Å². The number of morpholine rings is 1. The topological polar surface area (TPSA) is 107 Å². The SMILES string of the molecule is C=Ic1cc(N2C[C@@H](C)N(C)[C@@H](C)C2)c(NC(=O)c2c[nH]c(=O)cc2C(F)F)cc1-c1cnc(N2CCO[C@@H](C)C2)nc1. The van der Waals surface area contributed by atoms with Gasteiger partial charge in [-0.25, -0.2) is 18.7 Å². The van der Waals surface area contributed by atoms with E-state index in [1.807, 2.05) is 13.0 Å². The van der Waals surface area contributed by atoms with Crippen LogP contribution in [0.15, 0.2) is 41.6 Å². The van der Waals surface area contributed by atoms with Crippen molar-refractivity contribution in [3.63, 3.8) is 0 Å². The van der Waals surface area contributed by atoms with Gasteiger partial charge in [0.1, 0.15) is 0 Å². The van der Waals surface area contributed by atoms with Gasteiger partial charge in [-0.05, 0) is 45.5 Å². The van der Waals surface area contributed by atoms with Crippen molar-refractivity contribution in [2.45, 2.75) is 45.4 Å². The number of alkyl halides is 2. The second-order valence-electron chi connectivity index (χ2n) is 11.1. The molecule has 0 radical (unpaired) electrons. The number of H-pyrrole nitrogens is 1. The summed E-state index contributed by atoms with van der Waals surface area (Å²) in [6.07, 6.45) is 1.67. The molecule has 0 bridgehead atoms. The number of carbonyl (C=O) groups is 1. The number of benzene rings is 1. The van der Waals surface area contributed by atoms with Gasteiger partial charge in [-0.15, -0.1) is 0 Å². The van der Waals surface area contributed by atoms with Crippen molar-refractivity contribution >= 4 is 48.5 Å². The number of hydrogen-bond donors (Lipinski definition) is 2. The molecule has 5 rings (SSSR count). The van der Waals surface area contributed by atoms with Crippen LogP contribution in [-0.2, 0) is 4.74 Å². The number of piperazine rings is 1. The van der Waals surface area contributed by atoms with Crippen molar-refractivity contribution in [1.29, 1.82) is 0 Å². The van der Waals surface area contributed by atoms with Gasteiger partial charge in [0.2, 0.25) is 11.5 Å². The molecule has 0 saturated carbocycles. The quantitative estimate of drug-likeness (QED) is 0.350. The first-order valence-electron chi connectivity index (χ1n) is 14.1. The molecule has 3 atom stereocenters. The fraction of sp³-hybridized carbons (Fsp3) is 0.433. The zero-order chi connectivity index (χ0) is 30.8. The molecule has 10 nitrogen and oxygen atoms in total. The first-order valence-corrected chi connectivity index (χ1v) is 16.7. The number of halogens is 3. The molecule has 230 valence electrons. The van der Waals surface area contributed by atoms with Crippen LogP contribution in [0, 0.1) is 3.57 Å². The molecule has 2 aromatic heterocycles. The number of rotatable bonds is 7. The van der Waals surface area contributed by atoms with Gasteiger partial charge in [-0.2, -0.15) is 0 Å². The van der Waals surface area contributed by atoms with Crippen molar-refractivity contribution in [3.8, 4) is 11.1 Å². The summed E-state index contributed by atoms with van der Waals surface area (Å²) in [6, 6.07) is 5.18. The van der Waals surface area contributed by atoms with Crippen LogP contribution in [0.2, 0.25) is 0 Å². The average Bonchev–Trinajstić information content (AvgIpc) is 2.99. The molecule has 4 heterocycles. The highest BCUT2D eigenvalue weighted by molar-refractivity contribution is 14.2. The number of ether oxygens (including phenoxy) is 1. The number of nitrogens with zero attached hydrogens (tertiary/aromatic N) is 5. The number of carbonyl (C=O) groups excluding carboxylic acids is 1. The van der Waals surface area contributed by atoms with Gasteiger partial charge < -0.3 is 24.8 Å². The highest BCUT2D eigenvalue weighted by Crippen LogP contribution is 2.38. The lowest BCUT2D eigenvalue weighted by Gasteiger charge is -2.44. The first kappa shape index (κ1) is 31.1. The molecule has 2 saturated heterocycles. The van der Waals surface area contributed by atoms with E-state index >= 15 is 0 Å². The van der Waals surface area contributed by atoms with Gasteiger partial charge in [-0.1, -0.05) is 25.2 Å². The predicted octanol–water partition coefficient (Wildman–Crippen LogP) is 4.35. The molecule has 3 aromatic rings. The van der Waals surface area contributed by atoms with E-state index in [9.17, 15) is 18.4 Å². The van der Waals surface area contributed by atoms with Crippen molar-refractivity contribution in [2.24, 2.45) is 0 Å². The fourth-order valence-corrected chi connectivity index (χ4v) is 6.93. The lowest BCUT2D eigenvalue weighted by molar-refractivity contribution is 0.0526. The summed E-state index contributed by atoms with van der Waals surface area (Å²) in [6.45, 7) is 9.76. The Morgan fingerprint density at radius 1 is 1.12 bits per heavy atom. The fourth-order valence-electron chi connectivity index (χ4n) is 5.54. The van der Waals surface area contributed by atoms with Crippen molar-refractivity contribution in [2.75, 3.05) is 55.0 Å². The third-order valence-corrected chi connectivity index (χ3v) is 9.80. The Balaban J connectivity index is 1.56. The Hall–Kier alpha value is -3.30. The Bertz CT molecular complexity index is 1540. The number of aromatic nitrogens is 3. The molecule has 0 spiro atoms. The second kappa shape index (κ2) is 13.1. The third kappa shape index (κ3) is 6.78. The van der Waals surface area contributed by atoms with Crippen molar-refractivity contribution in [1.82, 2.24) is 19.9 Å². The van der Waals surface area contributed by atoms with Crippen LogP contribution in [0.25, 0.3) is 11.1 Å². The number of hydrogen-bond acceptors (Lipinski definition) is 8. The Morgan fingerprint density at radius 3 is 2.44 bits per heavy atom. The number of amides is 1. The highest BCUT2D eigenvalue weighted by Gasteiger charge is 2.30. The summed E-state index contributed by atoms with van der Waals surface area (Å²) >= 11 is -0.653. The summed E-state index contributed by atoms with van der Waals surface area (Å²) in [5, 5.41) is 2.89. The molecule has 0 unspecified atom stereocenters. The van der Waals surface area contributed by atoms with Crippen LogP contribution >= 0.6 is 20.7 Å². The molecule has 2 N–H and O–H groups in total. The second-order valence-corrected chi connectivity index (χ2v) is 13.0. The smallest absolute Gasteiger partial charge is 0.264 e. The monoisotopic (exact) mass is 707 g/mol. The maximum Gasteiger partial charge on any atom is 0.264 e. The van der Waals surface area contributed by atoms with E-state index < -0.39 is 44.2 Å². The summed E-state index contributed by atoms with van der Waals surface area (Å²) < 4.78 is 38.5. The summed E-state index contributed by atoms with van der Waals surface area (Å²) in [7, 11) is 2.09. The summed E-state index contributed by atoms with van der Waals surface area (Å²) in [5.41, 5.74) is 1.26. The van der Waals surface area contributed by atoms with Gasteiger partial charge >= 0.3 is 0 Å². The molecule has 0 aliphatic carbocycles. The van der Waals surface area contributed by atoms with E-state index in [4.69, 9.17) is 4.74 Å². The summed E-state index contributed by atoms with van der Waals surface area (Å²) in [4.78, 5) is 43.4. The molecule has 2 aliphatic heterocycles. The zero-order valence-corrected chi connectivity index (χ0v) is 26.8. The highest BCUT2D eigenvalue weighted by atomic mass is 127.